The first kappa shape index (κ1) is 10.2. The molecule has 84 valence electrons. The number of pyridine rings is 1. The van der Waals surface area contributed by atoms with Crippen LogP contribution in [0.15, 0.2) is 36.5 Å². The number of rotatable bonds is 1. The molecule has 0 aliphatic heterocycles. The number of aryl methyl sites for hydroxylation is 1. The van der Waals surface area contributed by atoms with Crippen molar-refractivity contribution < 1.29 is 4.79 Å². The molecule has 1 aliphatic rings. The predicted molar refractivity (Wildman–Crippen MR) is 67.1 cm³/mol. The zero-order valence-electron chi connectivity index (χ0n) is 9.73. The van der Waals surface area contributed by atoms with Crippen LogP contribution >= 0.6 is 0 Å². The van der Waals surface area contributed by atoms with E-state index in [1.165, 1.54) is 11.1 Å². The Morgan fingerprint density at radius 2 is 1.94 bits per heavy atom. The Hall–Kier alpha value is -1.96. The zero-order chi connectivity index (χ0) is 11.8. The fourth-order valence-electron chi connectivity index (χ4n) is 2.47. The highest BCUT2D eigenvalue weighted by molar-refractivity contribution is 6.02. The summed E-state index contributed by atoms with van der Waals surface area (Å²) in [5.41, 5.74) is 5.44. The van der Waals surface area contributed by atoms with Crippen LogP contribution in [0.2, 0.25) is 0 Å². The molecule has 2 aromatic rings. The van der Waals surface area contributed by atoms with Crippen LogP contribution in [0.25, 0.3) is 11.1 Å². The van der Waals surface area contributed by atoms with Crippen molar-refractivity contribution >= 4 is 5.78 Å². The molecule has 2 nitrogen and oxygen atoms in total. The molecule has 0 fully saturated rings. The number of hydrogen-bond acceptors (Lipinski definition) is 2. The molecule has 0 radical (unpaired) electrons. The van der Waals surface area contributed by atoms with E-state index in [0.29, 0.717) is 6.42 Å². The van der Waals surface area contributed by atoms with Crippen LogP contribution in [0.4, 0.5) is 0 Å². The maximum atomic E-state index is 11.7. The summed E-state index contributed by atoms with van der Waals surface area (Å²) in [6, 6.07) is 10.1. The summed E-state index contributed by atoms with van der Waals surface area (Å²) < 4.78 is 0. The first-order valence-electron chi connectivity index (χ1n) is 5.84. The van der Waals surface area contributed by atoms with E-state index in [-0.39, 0.29) is 5.78 Å². The van der Waals surface area contributed by atoms with Gasteiger partial charge in [0.15, 0.2) is 5.78 Å². The molecule has 1 aromatic heterocycles. The van der Waals surface area contributed by atoms with Gasteiger partial charge in [-0.2, -0.15) is 0 Å². The Kier molecular flexibility index (Phi) is 2.29. The van der Waals surface area contributed by atoms with Gasteiger partial charge in [0.05, 0.1) is 0 Å². The van der Waals surface area contributed by atoms with Gasteiger partial charge in [0.2, 0.25) is 0 Å². The van der Waals surface area contributed by atoms with Crippen molar-refractivity contribution in [1.29, 1.82) is 0 Å². The summed E-state index contributed by atoms with van der Waals surface area (Å²) in [6.07, 6.45) is 3.34. The van der Waals surface area contributed by atoms with E-state index in [0.717, 1.165) is 23.2 Å². The fraction of sp³-hybridized carbons (Fsp3) is 0.200. The quantitative estimate of drug-likeness (QED) is 0.743. The summed E-state index contributed by atoms with van der Waals surface area (Å²) in [6.45, 7) is 1.98. The second-order valence-electron chi connectivity index (χ2n) is 4.44. The lowest BCUT2D eigenvalue weighted by atomic mass is 9.97. The molecule has 2 heteroatoms. The molecular formula is C15H13NO. The molecule has 0 bridgehead atoms. The Bertz CT molecular complexity index is 602. The molecule has 3 rings (SSSR count). The van der Waals surface area contributed by atoms with Crippen LogP contribution in [0.1, 0.15) is 28.0 Å². The third-order valence-corrected chi connectivity index (χ3v) is 3.29. The molecule has 0 saturated carbocycles. The normalized spacial score (nSPS) is 13.8. The SMILES string of the molecule is Cc1cc(-c2cccc3c2CCC3=O)ccn1. The molecule has 1 aliphatic carbocycles. The molecule has 17 heavy (non-hydrogen) atoms. The predicted octanol–water partition coefficient (Wildman–Crippen LogP) is 3.19. The fourth-order valence-corrected chi connectivity index (χ4v) is 2.47. The van der Waals surface area contributed by atoms with Gasteiger partial charge in [-0.05, 0) is 42.2 Å². The number of hydrogen-bond donors (Lipinski definition) is 0. The van der Waals surface area contributed by atoms with Crippen molar-refractivity contribution in [2.45, 2.75) is 19.8 Å². The Morgan fingerprint density at radius 1 is 1.12 bits per heavy atom. The highest BCUT2D eigenvalue weighted by Crippen LogP contribution is 2.32. The van der Waals surface area contributed by atoms with Crippen molar-refractivity contribution in [1.82, 2.24) is 4.98 Å². The summed E-state index contributed by atoms with van der Waals surface area (Å²) >= 11 is 0. The van der Waals surface area contributed by atoms with Crippen LogP contribution < -0.4 is 0 Å². The van der Waals surface area contributed by atoms with Gasteiger partial charge >= 0.3 is 0 Å². The van der Waals surface area contributed by atoms with Crippen LogP contribution in [0, 0.1) is 6.92 Å². The number of nitrogens with zero attached hydrogens (tertiary/aromatic N) is 1. The minimum absolute atomic E-state index is 0.271. The van der Waals surface area contributed by atoms with Gasteiger partial charge in [0.25, 0.3) is 0 Å². The van der Waals surface area contributed by atoms with Gasteiger partial charge in [0, 0.05) is 23.9 Å². The summed E-state index contributed by atoms with van der Waals surface area (Å²) in [5.74, 6) is 0.271. The Balaban J connectivity index is 2.20. The average molecular weight is 223 g/mol. The first-order valence-corrected chi connectivity index (χ1v) is 5.84. The van der Waals surface area contributed by atoms with Crippen molar-refractivity contribution in [3.63, 3.8) is 0 Å². The van der Waals surface area contributed by atoms with Gasteiger partial charge < -0.3 is 0 Å². The molecule has 0 unspecified atom stereocenters. The highest BCUT2D eigenvalue weighted by atomic mass is 16.1. The first-order chi connectivity index (χ1) is 8.25. The van der Waals surface area contributed by atoms with Gasteiger partial charge in [-0.25, -0.2) is 0 Å². The second kappa shape index (κ2) is 3.81. The zero-order valence-corrected chi connectivity index (χ0v) is 9.73. The van der Waals surface area contributed by atoms with Gasteiger partial charge in [-0.1, -0.05) is 18.2 Å². The smallest absolute Gasteiger partial charge is 0.163 e. The largest absolute Gasteiger partial charge is 0.294 e. The minimum Gasteiger partial charge on any atom is -0.294 e. The van der Waals surface area contributed by atoms with E-state index >= 15 is 0 Å². The Morgan fingerprint density at radius 3 is 2.76 bits per heavy atom. The number of benzene rings is 1. The van der Waals surface area contributed by atoms with Crippen molar-refractivity contribution in [3.8, 4) is 11.1 Å². The molecule has 0 spiro atoms. The summed E-state index contributed by atoms with van der Waals surface area (Å²) in [4.78, 5) is 15.9. The van der Waals surface area contributed by atoms with E-state index in [1.807, 2.05) is 31.3 Å². The number of aromatic nitrogens is 1. The van der Waals surface area contributed by atoms with Gasteiger partial charge in [-0.15, -0.1) is 0 Å². The van der Waals surface area contributed by atoms with Crippen LogP contribution in [0.5, 0.6) is 0 Å². The maximum absolute atomic E-state index is 11.7. The van der Waals surface area contributed by atoms with Crippen molar-refractivity contribution in [2.24, 2.45) is 0 Å². The maximum Gasteiger partial charge on any atom is 0.163 e. The van der Waals surface area contributed by atoms with E-state index in [9.17, 15) is 4.79 Å². The molecule has 1 aromatic carbocycles. The Labute approximate surface area is 100 Å². The lowest BCUT2D eigenvalue weighted by molar-refractivity contribution is 0.0994. The number of Topliss-reactive ketones (excluding diaryl/α,β-unsaturated/α-hetero) is 1. The van der Waals surface area contributed by atoms with Crippen molar-refractivity contribution in [3.05, 3.63) is 53.3 Å². The number of carbonyl (C=O) groups excluding carboxylic acids is 1. The number of carbonyl (C=O) groups is 1. The third-order valence-electron chi connectivity index (χ3n) is 3.29. The standard InChI is InChI=1S/C15H13NO/c1-10-9-11(7-8-16-10)12-3-2-4-14-13(12)5-6-15(14)17/h2-4,7-9H,5-6H2,1H3. The van der Waals surface area contributed by atoms with E-state index in [1.54, 1.807) is 0 Å². The van der Waals surface area contributed by atoms with E-state index in [2.05, 4.69) is 17.1 Å². The van der Waals surface area contributed by atoms with E-state index < -0.39 is 0 Å². The molecule has 0 saturated heterocycles. The highest BCUT2D eigenvalue weighted by Gasteiger charge is 2.22. The molecule has 0 amide bonds. The van der Waals surface area contributed by atoms with Crippen LogP contribution in [-0.2, 0) is 6.42 Å². The molecule has 0 atom stereocenters. The van der Waals surface area contributed by atoms with Crippen LogP contribution in [-0.4, -0.2) is 10.8 Å². The van der Waals surface area contributed by atoms with Gasteiger partial charge in [0.1, 0.15) is 0 Å². The lowest BCUT2D eigenvalue weighted by Gasteiger charge is -2.08. The molecule has 0 N–H and O–H groups in total. The van der Waals surface area contributed by atoms with Crippen molar-refractivity contribution in [2.75, 3.05) is 0 Å². The number of fused-ring (bicyclic) bond motifs is 1. The van der Waals surface area contributed by atoms with Gasteiger partial charge in [-0.3, -0.25) is 9.78 Å². The second-order valence-corrected chi connectivity index (χ2v) is 4.44. The average Bonchev–Trinajstić information content (AvgIpc) is 2.71. The molecular weight excluding hydrogens is 210 g/mol. The summed E-state index contributed by atoms with van der Waals surface area (Å²) in [5, 5.41) is 0. The summed E-state index contributed by atoms with van der Waals surface area (Å²) in [7, 11) is 0. The van der Waals surface area contributed by atoms with Crippen LogP contribution in [0.3, 0.4) is 0 Å². The molecule has 1 heterocycles. The topological polar surface area (TPSA) is 30.0 Å². The monoisotopic (exact) mass is 223 g/mol. The van der Waals surface area contributed by atoms with E-state index in [4.69, 9.17) is 0 Å². The lowest BCUT2D eigenvalue weighted by Crippen LogP contribution is -1.92. The third kappa shape index (κ3) is 1.66. The minimum atomic E-state index is 0.271. The number of ketones is 1.